The number of rotatable bonds is 3. The maximum Gasteiger partial charge on any atom is 0.178 e. The molecule has 4 aromatic rings. The molecule has 0 bridgehead atoms. The Bertz CT molecular complexity index is 1280. The lowest BCUT2D eigenvalue weighted by Gasteiger charge is -2.24. The van der Waals surface area contributed by atoms with Crippen LogP contribution in [0, 0.1) is 24.2 Å². The van der Waals surface area contributed by atoms with Gasteiger partial charge in [0.1, 0.15) is 5.82 Å². The first kappa shape index (κ1) is 18.3. The van der Waals surface area contributed by atoms with Crippen LogP contribution in [-0.2, 0) is 0 Å². The first-order valence-corrected chi connectivity index (χ1v) is 10.2. The highest BCUT2D eigenvalue weighted by Gasteiger charge is 2.26. The minimum Gasteiger partial charge on any atom is -0.370 e. The summed E-state index contributed by atoms with van der Waals surface area (Å²) in [5.41, 5.74) is 7.49. The van der Waals surface area contributed by atoms with Crippen LogP contribution in [0.1, 0.15) is 24.5 Å². The number of nitriles is 1. The molecular formula is C24H22N6. The summed E-state index contributed by atoms with van der Waals surface area (Å²) in [6, 6.07) is 11.9. The number of aromatic amines is 1. The number of nitrogens with zero attached hydrogens (tertiary/aromatic N) is 5. The van der Waals surface area contributed by atoms with Gasteiger partial charge < -0.3 is 9.88 Å². The molecule has 1 fully saturated rings. The van der Waals surface area contributed by atoms with E-state index in [4.69, 9.17) is 4.98 Å². The summed E-state index contributed by atoms with van der Waals surface area (Å²) in [7, 11) is 0. The van der Waals surface area contributed by atoms with E-state index in [1.54, 1.807) is 6.20 Å². The van der Waals surface area contributed by atoms with Crippen molar-refractivity contribution in [1.82, 2.24) is 19.9 Å². The average molecular weight is 394 g/mol. The third-order valence-electron chi connectivity index (χ3n) is 5.82. The van der Waals surface area contributed by atoms with Crippen molar-refractivity contribution in [3.05, 3.63) is 60.0 Å². The number of hydrogen-bond donors (Lipinski definition) is 1. The van der Waals surface area contributed by atoms with Crippen LogP contribution in [0.4, 0.5) is 5.69 Å². The van der Waals surface area contributed by atoms with Crippen molar-refractivity contribution in [2.24, 2.45) is 5.92 Å². The Morgan fingerprint density at radius 1 is 1.20 bits per heavy atom. The van der Waals surface area contributed by atoms with Crippen LogP contribution < -0.4 is 4.90 Å². The predicted molar refractivity (Wildman–Crippen MR) is 118 cm³/mol. The maximum absolute atomic E-state index is 9.37. The maximum atomic E-state index is 9.37. The highest BCUT2D eigenvalue weighted by atomic mass is 15.2. The summed E-state index contributed by atoms with van der Waals surface area (Å²) in [6.07, 6.45) is 6.71. The van der Waals surface area contributed by atoms with Crippen molar-refractivity contribution >= 4 is 16.9 Å². The molecule has 6 nitrogen and oxygen atoms in total. The number of anilines is 1. The molecule has 4 heterocycles. The fourth-order valence-electron chi connectivity index (χ4n) is 4.24. The Hall–Kier alpha value is -3.72. The SMILES string of the molecule is Cc1ccnc2nc(-c3cncc(-c4cccc(C#N)c4)c3N3CCC(C)C3)[nH]c12. The molecule has 0 radical (unpaired) electrons. The van der Waals surface area contributed by atoms with Crippen LogP contribution in [0.3, 0.4) is 0 Å². The van der Waals surface area contributed by atoms with Crippen LogP contribution in [0.15, 0.2) is 48.9 Å². The van der Waals surface area contributed by atoms with Gasteiger partial charge >= 0.3 is 0 Å². The zero-order valence-corrected chi connectivity index (χ0v) is 17.1. The molecule has 5 rings (SSSR count). The second-order valence-corrected chi connectivity index (χ2v) is 8.03. The normalized spacial score (nSPS) is 16.2. The summed E-state index contributed by atoms with van der Waals surface area (Å²) >= 11 is 0. The topological polar surface area (TPSA) is 81.5 Å². The van der Waals surface area contributed by atoms with E-state index in [1.807, 2.05) is 42.7 Å². The smallest absolute Gasteiger partial charge is 0.178 e. The number of imidazole rings is 1. The number of nitrogens with one attached hydrogen (secondary N) is 1. The van der Waals surface area contributed by atoms with Gasteiger partial charge in [0.15, 0.2) is 5.65 Å². The second kappa shape index (κ2) is 7.27. The molecule has 1 unspecified atom stereocenters. The van der Waals surface area contributed by atoms with E-state index >= 15 is 0 Å². The number of H-pyrrole nitrogens is 1. The van der Waals surface area contributed by atoms with Gasteiger partial charge in [0.05, 0.1) is 28.4 Å². The highest BCUT2D eigenvalue weighted by molar-refractivity contribution is 5.91. The Labute approximate surface area is 175 Å². The van der Waals surface area contributed by atoms with Crippen LogP contribution in [-0.4, -0.2) is 33.0 Å². The standard InChI is InChI=1S/C24H22N6/c1-15-7-9-30(14-15)22-19(18-5-3-4-17(10-18)11-25)12-26-13-20(22)23-28-21-16(2)6-8-27-24(21)29-23/h3-6,8,10,12-13,15H,7,9,14H2,1-2H3,(H,27,28,29). The monoisotopic (exact) mass is 394 g/mol. The molecule has 1 aromatic carbocycles. The lowest BCUT2D eigenvalue weighted by Crippen LogP contribution is -2.21. The van der Waals surface area contributed by atoms with Crippen LogP contribution >= 0.6 is 0 Å². The van der Waals surface area contributed by atoms with Gasteiger partial charge in [-0.25, -0.2) is 9.97 Å². The number of hydrogen-bond acceptors (Lipinski definition) is 5. The molecular weight excluding hydrogens is 372 g/mol. The Morgan fingerprint density at radius 2 is 2.07 bits per heavy atom. The van der Waals surface area contributed by atoms with E-state index < -0.39 is 0 Å². The minimum absolute atomic E-state index is 0.629. The van der Waals surface area contributed by atoms with E-state index in [-0.39, 0.29) is 0 Å². The molecule has 6 heteroatoms. The van der Waals surface area contributed by atoms with Gasteiger partial charge in [0.25, 0.3) is 0 Å². The molecule has 148 valence electrons. The van der Waals surface area contributed by atoms with Crippen molar-refractivity contribution < 1.29 is 0 Å². The summed E-state index contributed by atoms with van der Waals surface area (Å²) in [5, 5.41) is 9.37. The first-order chi connectivity index (χ1) is 14.6. The Morgan fingerprint density at radius 3 is 2.83 bits per heavy atom. The van der Waals surface area contributed by atoms with Gasteiger partial charge in [-0.3, -0.25) is 4.98 Å². The van der Waals surface area contributed by atoms with Gasteiger partial charge in [-0.1, -0.05) is 19.1 Å². The van der Waals surface area contributed by atoms with E-state index in [0.29, 0.717) is 17.1 Å². The van der Waals surface area contributed by atoms with Gasteiger partial charge in [0.2, 0.25) is 0 Å². The average Bonchev–Trinajstić information content (AvgIpc) is 3.40. The van der Waals surface area contributed by atoms with Crippen molar-refractivity contribution in [3.8, 4) is 28.6 Å². The fourth-order valence-corrected chi connectivity index (χ4v) is 4.24. The van der Waals surface area contributed by atoms with E-state index in [1.165, 1.54) is 0 Å². The third-order valence-corrected chi connectivity index (χ3v) is 5.82. The number of fused-ring (bicyclic) bond motifs is 1. The summed E-state index contributed by atoms with van der Waals surface area (Å²) in [6.45, 7) is 6.31. The minimum atomic E-state index is 0.629. The van der Waals surface area contributed by atoms with Crippen molar-refractivity contribution in [2.75, 3.05) is 18.0 Å². The molecule has 1 aliphatic heterocycles. The summed E-state index contributed by atoms with van der Waals surface area (Å²) < 4.78 is 0. The van der Waals surface area contributed by atoms with Crippen LogP contribution in [0.25, 0.3) is 33.7 Å². The number of aromatic nitrogens is 4. The molecule has 0 saturated carbocycles. The molecule has 0 aliphatic carbocycles. The molecule has 1 N–H and O–H groups in total. The van der Waals surface area contributed by atoms with Crippen LogP contribution in [0.5, 0.6) is 0 Å². The Balaban J connectivity index is 1.74. The first-order valence-electron chi connectivity index (χ1n) is 10.2. The quantitative estimate of drug-likeness (QED) is 0.544. The number of pyridine rings is 2. The molecule has 0 spiro atoms. The van der Waals surface area contributed by atoms with E-state index in [0.717, 1.165) is 58.8 Å². The van der Waals surface area contributed by atoms with Crippen molar-refractivity contribution in [1.29, 1.82) is 5.26 Å². The molecule has 0 amide bonds. The lowest BCUT2D eigenvalue weighted by atomic mass is 10.00. The molecule has 30 heavy (non-hydrogen) atoms. The zero-order valence-electron chi connectivity index (χ0n) is 17.1. The third kappa shape index (κ3) is 3.09. The number of benzene rings is 1. The number of aryl methyl sites for hydroxylation is 1. The largest absolute Gasteiger partial charge is 0.370 e. The summed E-state index contributed by atoms with van der Waals surface area (Å²) in [4.78, 5) is 19.6. The van der Waals surface area contributed by atoms with E-state index in [9.17, 15) is 5.26 Å². The van der Waals surface area contributed by atoms with Gasteiger partial charge in [-0.15, -0.1) is 0 Å². The van der Waals surface area contributed by atoms with Gasteiger partial charge in [0, 0.05) is 37.2 Å². The molecule has 1 atom stereocenters. The van der Waals surface area contributed by atoms with Crippen LogP contribution in [0.2, 0.25) is 0 Å². The molecule has 1 aliphatic rings. The molecule has 3 aromatic heterocycles. The van der Waals surface area contributed by atoms with Gasteiger partial charge in [-0.2, -0.15) is 5.26 Å². The summed E-state index contributed by atoms with van der Waals surface area (Å²) in [5.74, 6) is 1.40. The van der Waals surface area contributed by atoms with Crippen molar-refractivity contribution in [3.63, 3.8) is 0 Å². The molecule has 1 saturated heterocycles. The second-order valence-electron chi connectivity index (χ2n) is 8.03. The predicted octanol–water partition coefficient (Wildman–Crippen LogP) is 4.71. The van der Waals surface area contributed by atoms with Gasteiger partial charge in [-0.05, 0) is 48.6 Å². The zero-order chi connectivity index (χ0) is 20.7. The van der Waals surface area contributed by atoms with E-state index in [2.05, 4.69) is 39.8 Å². The highest BCUT2D eigenvalue weighted by Crippen LogP contribution is 2.40. The van der Waals surface area contributed by atoms with Crippen molar-refractivity contribution in [2.45, 2.75) is 20.3 Å². The lowest BCUT2D eigenvalue weighted by molar-refractivity contribution is 0.659. The fraction of sp³-hybridized carbons (Fsp3) is 0.250. The Kier molecular flexibility index (Phi) is 4.44.